The Labute approximate surface area is 103 Å². The van der Waals surface area contributed by atoms with Crippen molar-refractivity contribution in [3.05, 3.63) is 35.9 Å². The maximum atomic E-state index is 12.0. The highest BCUT2D eigenvalue weighted by Gasteiger charge is 2.55. The predicted octanol–water partition coefficient (Wildman–Crippen LogP) is -0.0754. The van der Waals surface area contributed by atoms with Crippen molar-refractivity contribution in [1.29, 1.82) is 0 Å². The van der Waals surface area contributed by atoms with Crippen LogP contribution < -0.4 is 0 Å². The van der Waals surface area contributed by atoms with Crippen LogP contribution in [0.1, 0.15) is 5.56 Å². The Bertz CT molecular complexity index is 502. The van der Waals surface area contributed by atoms with Gasteiger partial charge in [-0.25, -0.2) is 4.79 Å². The Morgan fingerprint density at radius 1 is 0.944 bits per heavy atom. The van der Waals surface area contributed by atoms with Crippen LogP contribution >= 0.6 is 0 Å². The van der Waals surface area contributed by atoms with Gasteiger partial charge >= 0.3 is 6.03 Å². The van der Waals surface area contributed by atoms with Crippen LogP contribution in [0.4, 0.5) is 4.79 Å². The zero-order valence-corrected chi connectivity index (χ0v) is 9.95. The molecule has 0 spiro atoms. The zero-order chi connectivity index (χ0) is 13.5. The molecule has 6 nitrogen and oxygen atoms in total. The second kappa shape index (κ2) is 3.92. The SMILES string of the molecule is CN1C(=O)N(C)C(=O)C(O)(c2ccccc2)C1=O. The molecule has 0 unspecified atom stereocenters. The van der Waals surface area contributed by atoms with Crippen LogP contribution in [0.15, 0.2) is 30.3 Å². The number of amides is 4. The normalized spacial score (nSPS) is 19.4. The summed E-state index contributed by atoms with van der Waals surface area (Å²) < 4.78 is 0. The lowest BCUT2D eigenvalue weighted by Crippen LogP contribution is -2.65. The molecular weight excluding hydrogens is 236 g/mol. The van der Waals surface area contributed by atoms with Gasteiger partial charge in [0.1, 0.15) is 0 Å². The number of carbonyl (C=O) groups is 3. The Balaban J connectivity index is 2.58. The molecule has 18 heavy (non-hydrogen) atoms. The number of carbonyl (C=O) groups excluding carboxylic acids is 3. The van der Waals surface area contributed by atoms with Gasteiger partial charge in [0.25, 0.3) is 11.8 Å². The van der Waals surface area contributed by atoms with Gasteiger partial charge in [0, 0.05) is 19.7 Å². The summed E-state index contributed by atoms with van der Waals surface area (Å²) in [7, 11) is 2.45. The third kappa shape index (κ3) is 1.42. The van der Waals surface area contributed by atoms with Crippen molar-refractivity contribution >= 4 is 17.8 Å². The summed E-state index contributed by atoms with van der Waals surface area (Å²) in [5, 5.41) is 10.4. The minimum atomic E-state index is -2.33. The molecule has 1 fully saturated rings. The molecule has 6 heteroatoms. The van der Waals surface area contributed by atoms with E-state index in [9.17, 15) is 19.5 Å². The molecule has 2 rings (SSSR count). The van der Waals surface area contributed by atoms with E-state index in [1.54, 1.807) is 18.2 Å². The van der Waals surface area contributed by atoms with Gasteiger partial charge in [0.15, 0.2) is 0 Å². The van der Waals surface area contributed by atoms with Crippen LogP contribution in [0.2, 0.25) is 0 Å². The van der Waals surface area contributed by atoms with Gasteiger partial charge in [0.05, 0.1) is 0 Å². The van der Waals surface area contributed by atoms with E-state index in [2.05, 4.69) is 0 Å². The van der Waals surface area contributed by atoms with Crippen LogP contribution in [-0.4, -0.2) is 46.8 Å². The molecule has 0 bridgehead atoms. The summed E-state index contributed by atoms with van der Waals surface area (Å²) >= 11 is 0. The molecule has 1 aliphatic heterocycles. The number of rotatable bonds is 1. The van der Waals surface area contributed by atoms with E-state index in [1.807, 2.05) is 0 Å². The molecule has 1 N–H and O–H groups in total. The monoisotopic (exact) mass is 248 g/mol. The van der Waals surface area contributed by atoms with Crippen molar-refractivity contribution < 1.29 is 19.5 Å². The van der Waals surface area contributed by atoms with E-state index < -0.39 is 23.4 Å². The topological polar surface area (TPSA) is 77.9 Å². The van der Waals surface area contributed by atoms with Crippen molar-refractivity contribution in [3.8, 4) is 0 Å². The van der Waals surface area contributed by atoms with Gasteiger partial charge in [-0.05, 0) is 0 Å². The Hall–Kier alpha value is -2.21. The third-order valence-corrected chi connectivity index (χ3v) is 2.99. The average Bonchev–Trinajstić information content (AvgIpc) is 2.42. The van der Waals surface area contributed by atoms with Crippen molar-refractivity contribution in [3.63, 3.8) is 0 Å². The summed E-state index contributed by atoms with van der Waals surface area (Å²) in [4.78, 5) is 37.1. The highest BCUT2D eigenvalue weighted by atomic mass is 16.3. The summed E-state index contributed by atoms with van der Waals surface area (Å²) in [6, 6.07) is 7.07. The van der Waals surface area contributed by atoms with Gasteiger partial charge in [-0.2, -0.15) is 0 Å². The maximum Gasteiger partial charge on any atom is 0.333 e. The number of urea groups is 1. The first-order chi connectivity index (χ1) is 8.40. The first-order valence-electron chi connectivity index (χ1n) is 5.29. The molecule has 0 aliphatic carbocycles. The van der Waals surface area contributed by atoms with E-state index >= 15 is 0 Å². The summed E-state index contributed by atoms with van der Waals surface area (Å²) in [5.41, 5.74) is -2.19. The second-order valence-electron chi connectivity index (χ2n) is 4.09. The second-order valence-corrected chi connectivity index (χ2v) is 4.09. The number of hydrogen-bond donors (Lipinski definition) is 1. The minimum absolute atomic E-state index is 0.145. The number of nitrogens with zero attached hydrogens (tertiary/aromatic N) is 2. The first-order valence-corrected chi connectivity index (χ1v) is 5.29. The fraction of sp³-hybridized carbons (Fsp3) is 0.250. The summed E-state index contributed by atoms with van der Waals surface area (Å²) in [5.74, 6) is -1.89. The van der Waals surface area contributed by atoms with Gasteiger partial charge in [-0.1, -0.05) is 30.3 Å². The Morgan fingerprint density at radius 2 is 1.39 bits per heavy atom. The number of hydrogen-bond acceptors (Lipinski definition) is 4. The predicted molar refractivity (Wildman–Crippen MR) is 61.3 cm³/mol. The number of barbiturate groups is 1. The van der Waals surface area contributed by atoms with Gasteiger partial charge in [-0.3, -0.25) is 19.4 Å². The van der Waals surface area contributed by atoms with E-state index in [-0.39, 0.29) is 5.56 Å². The number of aliphatic hydroxyl groups is 1. The molecule has 94 valence electrons. The molecule has 0 radical (unpaired) electrons. The molecule has 1 saturated heterocycles. The lowest BCUT2D eigenvalue weighted by molar-refractivity contribution is -0.169. The molecule has 4 amide bonds. The number of likely N-dealkylation sites (N-methyl/N-ethyl adjacent to an activating group) is 2. The highest BCUT2D eigenvalue weighted by molar-refractivity contribution is 6.21. The fourth-order valence-corrected chi connectivity index (χ4v) is 1.90. The maximum absolute atomic E-state index is 12.0. The standard InChI is InChI=1S/C12H12N2O4/c1-13-9(15)12(18,8-6-4-3-5-7-8)10(16)14(2)11(13)17/h3-7,18H,1-2H3. The van der Waals surface area contributed by atoms with E-state index in [4.69, 9.17) is 0 Å². The highest BCUT2D eigenvalue weighted by Crippen LogP contribution is 2.29. The first kappa shape index (κ1) is 12.3. The molecule has 1 aromatic rings. The smallest absolute Gasteiger partial charge is 0.333 e. The molecule has 0 saturated carbocycles. The van der Waals surface area contributed by atoms with Crippen LogP contribution in [0.5, 0.6) is 0 Å². The van der Waals surface area contributed by atoms with E-state index in [1.165, 1.54) is 26.2 Å². The van der Waals surface area contributed by atoms with E-state index in [0.717, 1.165) is 9.80 Å². The summed E-state index contributed by atoms with van der Waals surface area (Å²) in [6.07, 6.45) is 0. The van der Waals surface area contributed by atoms with Gasteiger partial charge in [0.2, 0.25) is 5.60 Å². The summed E-state index contributed by atoms with van der Waals surface area (Å²) in [6.45, 7) is 0. The van der Waals surface area contributed by atoms with Gasteiger partial charge in [-0.15, -0.1) is 0 Å². The fourth-order valence-electron chi connectivity index (χ4n) is 1.90. The zero-order valence-electron chi connectivity index (χ0n) is 9.95. The Morgan fingerprint density at radius 3 is 1.83 bits per heavy atom. The van der Waals surface area contributed by atoms with Crippen LogP contribution in [0, 0.1) is 0 Å². The number of imide groups is 2. The molecule has 0 atom stereocenters. The van der Waals surface area contributed by atoms with Crippen LogP contribution in [0.25, 0.3) is 0 Å². The van der Waals surface area contributed by atoms with Crippen LogP contribution in [-0.2, 0) is 15.2 Å². The van der Waals surface area contributed by atoms with Crippen molar-refractivity contribution in [2.24, 2.45) is 0 Å². The molecule has 1 heterocycles. The van der Waals surface area contributed by atoms with E-state index in [0.29, 0.717) is 0 Å². The lowest BCUT2D eigenvalue weighted by Gasteiger charge is -2.38. The molecule has 1 aromatic carbocycles. The molecule has 0 aromatic heterocycles. The number of benzene rings is 1. The van der Waals surface area contributed by atoms with Crippen molar-refractivity contribution in [2.75, 3.05) is 14.1 Å². The average molecular weight is 248 g/mol. The van der Waals surface area contributed by atoms with Gasteiger partial charge < -0.3 is 5.11 Å². The Kier molecular flexibility index (Phi) is 2.67. The molecule has 1 aliphatic rings. The quantitative estimate of drug-likeness (QED) is 0.705. The largest absolute Gasteiger partial charge is 0.368 e. The molecular formula is C12H12N2O4. The lowest BCUT2D eigenvalue weighted by atomic mass is 9.89. The van der Waals surface area contributed by atoms with Crippen molar-refractivity contribution in [1.82, 2.24) is 9.80 Å². The van der Waals surface area contributed by atoms with Crippen LogP contribution in [0.3, 0.4) is 0 Å². The minimum Gasteiger partial charge on any atom is -0.368 e. The van der Waals surface area contributed by atoms with Crippen molar-refractivity contribution in [2.45, 2.75) is 5.60 Å². The third-order valence-electron chi connectivity index (χ3n) is 2.99.